The van der Waals surface area contributed by atoms with Gasteiger partial charge in [-0.15, -0.1) is 11.3 Å². The predicted molar refractivity (Wildman–Crippen MR) is 83.6 cm³/mol. The Labute approximate surface area is 128 Å². The Morgan fingerprint density at radius 3 is 2.38 bits per heavy atom. The molecule has 2 aromatic rings. The number of nitrogens with zero attached hydrogens (tertiary/aromatic N) is 1. The molecule has 0 saturated heterocycles. The van der Waals surface area contributed by atoms with E-state index in [1.807, 2.05) is 6.92 Å². The van der Waals surface area contributed by atoms with Crippen LogP contribution in [-0.4, -0.2) is 15.0 Å². The summed E-state index contributed by atoms with van der Waals surface area (Å²) in [4.78, 5) is 0.851. The first kappa shape index (κ1) is 15.9. The molecule has 4 nitrogen and oxygen atoms in total. The van der Waals surface area contributed by atoms with Crippen molar-refractivity contribution in [3.05, 3.63) is 46.6 Å². The number of hydrogen-bond acceptors (Lipinski definition) is 4. The number of thiophene rings is 1. The SMILES string of the molecule is CCN(c1ccc(F)cc1)S(=O)(=O)c1cc(C)c(CN)s1. The monoisotopic (exact) mass is 328 g/mol. The van der Waals surface area contributed by atoms with E-state index in [0.717, 1.165) is 10.4 Å². The van der Waals surface area contributed by atoms with E-state index in [1.54, 1.807) is 13.0 Å². The fourth-order valence-electron chi connectivity index (χ4n) is 2.03. The van der Waals surface area contributed by atoms with E-state index in [9.17, 15) is 12.8 Å². The maximum absolute atomic E-state index is 13.0. The van der Waals surface area contributed by atoms with Crippen molar-refractivity contribution in [2.75, 3.05) is 10.8 Å². The molecule has 0 atom stereocenters. The summed E-state index contributed by atoms with van der Waals surface area (Å²) in [5.41, 5.74) is 6.92. The lowest BCUT2D eigenvalue weighted by molar-refractivity contribution is 0.593. The first-order chi connectivity index (χ1) is 9.90. The zero-order valence-electron chi connectivity index (χ0n) is 11.8. The summed E-state index contributed by atoms with van der Waals surface area (Å²) in [5, 5.41) is 0. The Morgan fingerprint density at radius 1 is 1.29 bits per heavy atom. The molecule has 0 aliphatic carbocycles. The second-order valence-electron chi connectivity index (χ2n) is 4.52. The van der Waals surface area contributed by atoms with Gasteiger partial charge in [0.05, 0.1) is 5.69 Å². The van der Waals surface area contributed by atoms with Crippen LogP contribution in [0.25, 0.3) is 0 Å². The molecule has 2 rings (SSSR count). The molecule has 0 unspecified atom stereocenters. The topological polar surface area (TPSA) is 63.4 Å². The van der Waals surface area contributed by atoms with Gasteiger partial charge in [-0.05, 0) is 49.7 Å². The molecule has 0 radical (unpaired) electrons. The average molecular weight is 328 g/mol. The summed E-state index contributed by atoms with van der Waals surface area (Å²) in [6, 6.07) is 7.05. The molecular formula is C14H17FN2O2S2. The second-order valence-corrected chi connectivity index (χ2v) is 7.75. The number of aryl methyl sites for hydroxylation is 1. The van der Waals surface area contributed by atoms with E-state index >= 15 is 0 Å². The Hall–Kier alpha value is -1.44. The maximum atomic E-state index is 13.0. The van der Waals surface area contributed by atoms with E-state index in [0.29, 0.717) is 12.2 Å². The van der Waals surface area contributed by atoms with Crippen LogP contribution in [0.1, 0.15) is 17.4 Å². The smallest absolute Gasteiger partial charge is 0.273 e. The summed E-state index contributed by atoms with van der Waals surface area (Å²) < 4.78 is 40.0. The van der Waals surface area contributed by atoms with Gasteiger partial charge in [-0.1, -0.05) is 0 Å². The summed E-state index contributed by atoms with van der Waals surface area (Å²) in [6.45, 7) is 4.16. The molecule has 0 fully saturated rings. The summed E-state index contributed by atoms with van der Waals surface area (Å²) in [6.07, 6.45) is 0. The standard InChI is InChI=1S/C14H17FN2O2S2/c1-3-17(12-6-4-11(15)5-7-12)21(18,19)14-8-10(2)13(9-16)20-14/h4-8H,3,9,16H2,1-2H3. The van der Waals surface area contributed by atoms with Crippen molar-refractivity contribution in [2.24, 2.45) is 5.73 Å². The Kier molecular flexibility index (Phi) is 4.65. The van der Waals surface area contributed by atoms with Crippen molar-refractivity contribution in [1.29, 1.82) is 0 Å². The van der Waals surface area contributed by atoms with Crippen LogP contribution in [0.15, 0.2) is 34.5 Å². The number of sulfonamides is 1. The summed E-state index contributed by atoms with van der Waals surface area (Å²) >= 11 is 1.18. The van der Waals surface area contributed by atoms with Crippen LogP contribution in [0.4, 0.5) is 10.1 Å². The third-order valence-electron chi connectivity index (χ3n) is 3.13. The van der Waals surface area contributed by atoms with Crippen LogP contribution in [0.2, 0.25) is 0 Å². The highest BCUT2D eigenvalue weighted by atomic mass is 32.2. The number of rotatable bonds is 5. The molecule has 0 amide bonds. The van der Waals surface area contributed by atoms with Gasteiger partial charge in [0.1, 0.15) is 10.0 Å². The minimum absolute atomic E-state index is 0.256. The van der Waals surface area contributed by atoms with Crippen LogP contribution < -0.4 is 10.0 Å². The number of hydrogen-bond donors (Lipinski definition) is 1. The average Bonchev–Trinajstić information content (AvgIpc) is 2.83. The van der Waals surface area contributed by atoms with Gasteiger partial charge >= 0.3 is 0 Å². The van der Waals surface area contributed by atoms with Crippen LogP contribution in [-0.2, 0) is 16.6 Å². The lowest BCUT2D eigenvalue weighted by atomic mass is 10.3. The van der Waals surface area contributed by atoms with Gasteiger partial charge in [0.25, 0.3) is 10.0 Å². The van der Waals surface area contributed by atoms with Gasteiger partial charge in [0.2, 0.25) is 0 Å². The van der Waals surface area contributed by atoms with Crippen LogP contribution in [0, 0.1) is 12.7 Å². The molecule has 0 bridgehead atoms. The Morgan fingerprint density at radius 2 is 1.90 bits per heavy atom. The van der Waals surface area contributed by atoms with Gasteiger partial charge < -0.3 is 5.73 Å². The van der Waals surface area contributed by atoms with E-state index in [-0.39, 0.29) is 10.8 Å². The third-order valence-corrected chi connectivity index (χ3v) is 6.74. The molecule has 0 spiro atoms. The van der Waals surface area contributed by atoms with E-state index in [4.69, 9.17) is 5.73 Å². The van der Waals surface area contributed by atoms with Gasteiger partial charge in [0.15, 0.2) is 0 Å². The highest BCUT2D eigenvalue weighted by molar-refractivity contribution is 7.94. The fourth-order valence-corrected chi connectivity index (χ4v) is 5.08. The van der Waals surface area contributed by atoms with Crippen molar-refractivity contribution >= 4 is 27.0 Å². The zero-order chi connectivity index (χ0) is 15.6. The molecule has 1 aromatic carbocycles. The molecule has 0 aliphatic rings. The quantitative estimate of drug-likeness (QED) is 0.918. The molecule has 21 heavy (non-hydrogen) atoms. The van der Waals surface area contributed by atoms with E-state index in [1.165, 1.54) is 39.9 Å². The molecule has 0 aliphatic heterocycles. The molecule has 114 valence electrons. The normalized spacial score (nSPS) is 11.6. The summed E-state index contributed by atoms with van der Waals surface area (Å²) in [7, 11) is -3.65. The molecule has 1 aromatic heterocycles. The van der Waals surface area contributed by atoms with Crippen molar-refractivity contribution in [3.63, 3.8) is 0 Å². The zero-order valence-corrected chi connectivity index (χ0v) is 13.5. The van der Waals surface area contributed by atoms with E-state index in [2.05, 4.69) is 0 Å². The van der Waals surface area contributed by atoms with Gasteiger partial charge in [-0.25, -0.2) is 12.8 Å². The molecule has 0 saturated carbocycles. The minimum atomic E-state index is -3.65. The van der Waals surface area contributed by atoms with Crippen molar-refractivity contribution < 1.29 is 12.8 Å². The van der Waals surface area contributed by atoms with Crippen LogP contribution in [0.5, 0.6) is 0 Å². The largest absolute Gasteiger partial charge is 0.326 e. The fraction of sp³-hybridized carbons (Fsp3) is 0.286. The molecular weight excluding hydrogens is 311 g/mol. The first-order valence-corrected chi connectivity index (χ1v) is 8.73. The lowest BCUT2D eigenvalue weighted by Gasteiger charge is -2.21. The van der Waals surface area contributed by atoms with Gasteiger partial charge in [-0.2, -0.15) is 0 Å². The Balaban J connectivity index is 2.46. The lowest BCUT2D eigenvalue weighted by Crippen LogP contribution is -2.30. The summed E-state index contributed by atoms with van der Waals surface area (Å²) in [5.74, 6) is -0.399. The predicted octanol–water partition coefficient (Wildman–Crippen LogP) is 2.87. The minimum Gasteiger partial charge on any atom is -0.326 e. The van der Waals surface area contributed by atoms with E-state index < -0.39 is 15.8 Å². The highest BCUT2D eigenvalue weighted by Gasteiger charge is 2.26. The van der Waals surface area contributed by atoms with Crippen LogP contribution >= 0.6 is 11.3 Å². The highest BCUT2D eigenvalue weighted by Crippen LogP contribution is 2.30. The van der Waals surface area contributed by atoms with Crippen molar-refractivity contribution in [3.8, 4) is 0 Å². The molecule has 1 heterocycles. The maximum Gasteiger partial charge on any atom is 0.273 e. The van der Waals surface area contributed by atoms with Crippen LogP contribution in [0.3, 0.4) is 0 Å². The Bertz CT molecular complexity index is 724. The molecule has 7 heteroatoms. The number of benzene rings is 1. The third kappa shape index (κ3) is 3.09. The second kappa shape index (κ2) is 6.13. The number of halogens is 1. The van der Waals surface area contributed by atoms with Gasteiger partial charge in [-0.3, -0.25) is 4.31 Å². The number of anilines is 1. The van der Waals surface area contributed by atoms with Crippen molar-refractivity contribution in [1.82, 2.24) is 0 Å². The van der Waals surface area contributed by atoms with Crippen molar-refractivity contribution in [2.45, 2.75) is 24.6 Å². The number of nitrogens with two attached hydrogens (primary N) is 1. The van der Waals surface area contributed by atoms with Gasteiger partial charge in [0, 0.05) is 18.0 Å². The molecule has 2 N–H and O–H groups in total. The first-order valence-electron chi connectivity index (χ1n) is 6.47.